The van der Waals surface area contributed by atoms with Gasteiger partial charge >= 0.3 is 6.55 Å². The summed E-state index contributed by atoms with van der Waals surface area (Å²) in [5, 5.41) is 12.0. The molecule has 1 heterocycles. The molecule has 0 atom stereocenters. The standard InChI is InChI=1S/C29H31F3N4/c1-19-7-4-5-10-27(19)36(29(31)32)21(3)35-15-13-24(14-16-35)34-25-11-12-26(20(2)17-25)28(33)22-8-6-9-23(30)18-22/h4-12,17-18,24,29,33-34H,3,13-16H2,1-2H3. The van der Waals surface area contributed by atoms with Crippen molar-refractivity contribution < 1.29 is 13.2 Å². The van der Waals surface area contributed by atoms with Crippen molar-refractivity contribution in [2.24, 2.45) is 0 Å². The van der Waals surface area contributed by atoms with E-state index < -0.39 is 6.55 Å². The number of hydrogen-bond acceptors (Lipinski definition) is 4. The highest BCUT2D eigenvalue weighted by Gasteiger charge is 2.28. The number of hydrogen-bond donors (Lipinski definition) is 2. The lowest BCUT2D eigenvalue weighted by molar-refractivity contribution is 0.134. The van der Waals surface area contributed by atoms with Crippen molar-refractivity contribution in [2.45, 2.75) is 39.3 Å². The number of rotatable bonds is 8. The Bertz CT molecular complexity index is 1250. The number of anilines is 2. The van der Waals surface area contributed by atoms with E-state index in [1.54, 1.807) is 24.3 Å². The Morgan fingerprint density at radius 2 is 1.72 bits per heavy atom. The third-order valence-corrected chi connectivity index (χ3v) is 6.69. The topological polar surface area (TPSA) is 42.4 Å². The van der Waals surface area contributed by atoms with Crippen molar-refractivity contribution in [1.82, 2.24) is 4.90 Å². The van der Waals surface area contributed by atoms with Crippen LogP contribution in [0.25, 0.3) is 0 Å². The average Bonchev–Trinajstić information content (AvgIpc) is 2.85. The number of halogens is 3. The summed E-state index contributed by atoms with van der Waals surface area (Å²) in [5.41, 5.74) is 4.68. The summed E-state index contributed by atoms with van der Waals surface area (Å²) in [6.07, 6.45) is 1.56. The molecule has 0 aromatic heterocycles. The monoisotopic (exact) mass is 492 g/mol. The van der Waals surface area contributed by atoms with Gasteiger partial charge in [-0.1, -0.05) is 43.0 Å². The predicted octanol–water partition coefficient (Wildman–Crippen LogP) is 6.94. The van der Waals surface area contributed by atoms with E-state index in [9.17, 15) is 13.2 Å². The number of para-hydroxylation sites is 1. The molecule has 0 unspecified atom stereocenters. The van der Waals surface area contributed by atoms with Gasteiger partial charge < -0.3 is 10.2 Å². The van der Waals surface area contributed by atoms with Crippen molar-refractivity contribution in [1.29, 1.82) is 5.41 Å². The summed E-state index contributed by atoms with van der Waals surface area (Å²) < 4.78 is 41.5. The number of likely N-dealkylation sites (tertiary alicyclic amines) is 1. The highest BCUT2D eigenvalue weighted by Crippen LogP contribution is 2.30. The van der Waals surface area contributed by atoms with E-state index in [1.165, 1.54) is 12.1 Å². The number of nitrogens with one attached hydrogen (secondary N) is 2. The first-order chi connectivity index (χ1) is 17.2. The summed E-state index contributed by atoms with van der Waals surface area (Å²) in [7, 11) is 0. The molecule has 0 aliphatic carbocycles. The molecule has 0 radical (unpaired) electrons. The van der Waals surface area contributed by atoms with Crippen LogP contribution < -0.4 is 10.2 Å². The third kappa shape index (κ3) is 5.56. The zero-order valence-corrected chi connectivity index (χ0v) is 20.6. The lowest BCUT2D eigenvalue weighted by Crippen LogP contribution is -2.44. The summed E-state index contributed by atoms with van der Waals surface area (Å²) in [6.45, 7) is 6.32. The second-order valence-electron chi connectivity index (χ2n) is 9.17. The molecule has 1 aliphatic heterocycles. The van der Waals surface area contributed by atoms with Crippen molar-refractivity contribution in [3.8, 4) is 0 Å². The molecule has 4 rings (SSSR count). The van der Waals surface area contributed by atoms with E-state index in [0.717, 1.165) is 40.1 Å². The number of benzene rings is 3. The van der Waals surface area contributed by atoms with Crippen molar-refractivity contribution in [3.63, 3.8) is 0 Å². The minimum Gasteiger partial charge on any atom is -0.382 e. The van der Waals surface area contributed by atoms with Crippen LogP contribution in [0.2, 0.25) is 0 Å². The van der Waals surface area contributed by atoms with Crippen LogP contribution in [0.15, 0.2) is 79.1 Å². The van der Waals surface area contributed by atoms with Gasteiger partial charge in [0.2, 0.25) is 0 Å². The summed E-state index contributed by atoms with van der Waals surface area (Å²) in [6, 6.07) is 19.2. The Labute approximate surface area is 210 Å². The van der Waals surface area contributed by atoms with Crippen LogP contribution in [0.4, 0.5) is 24.5 Å². The molecule has 0 amide bonds. The minimum atomic E-state index is -2.68. The fourth-order valence-electron chi connectivity index (χ4n) is 4.69. The van der Waals surface area contributed by atoms with Crippen molar-refractivity contribution >= 4 is 17.1 Å². The maximum absolute atomic E-state index is 14.0. The van der Waals surface area contributed by atoms with E-state index in [-0.39, 0.29) is 17.6 Å². The number of nitrogens with zero attached hydrogens (tertiary/aromatic N) is 2. The smallest absolute Gasteiger partial charge is 0.320 e. The second kappa shape index (κ2) is 10.9. The van der Waals surface area contributed by atoms with Gasteiger partial charge in [-0.25, -0.2) is 4.39 Å². The van der Waals surface area contributed by atoms with Gasteiger partial charge in [-0.05, 0) is 68.1 Å². The molecule has 7 heteroatoms. The fraction of sp³-hybridized carbons (Fsp3) is 0.276. The normalized spacial score (nSPS) is 14.1. The Hall–Kier alpha value is -3.74. The predicted molar refractivity (Wildman–Crippen MR) is 141 cm³/mol. The lowest BCUT2D eigenvalue weighted by Gasteiger charge is -2.40. The SMILES string of the molecule is C=C(N1CCC(Nc2ccc(C(=N)c3cccc(F)c3)c(C)c2)CC1)N(c1ccccc1C)C(F)F. The van der Waals surface area contributed by atoms with Gasteiger partial charge in [0, 0.05) is 35.9 Å². The van der Waals surface area contributed by atoms with E-state index in [4.69, 9.17) is 5.41 Å². The van der Waals surface area contributed by atoms with Gasteiger partial charge in [0.05, 0.1) is 11.4 Å². The minimum absolute atomic E-state index is 0.195. The molecule has 1 fully saturated rings. The maximum Gasteiger partial charge on any atom is 0.320 e. The Morgan fingerprint density at radius 3 is 2.36 bits per heavy atom. The van der Waals surface area contributed by atoms with Crippen LogP contribution >= 0.6 is 0 Å². The summed E-state index contributed by atoms with van der Waals surface area (Å²) in [5.74, 6) is -0.0494. The highest BCUT2D eigenvalue weighted by molar-refractivity contribution is 6.11. The molecule has 2 N–H and O–H groups in total. The van der Waals surface area contributed by atoms with E-state index in [0.29, 0.717) is 30.2 Å². The molecule has 36 heavy (non-hydrogen) atoms. The van der Waals surface area contributed by atoms with Crippen molar-refractivity contribution in [3.05, 3.63) is 107 Å². The van der Waals surface area contributed by atoms with Gasteiger partial charge in [-0.3, -0.25) is 10.3 Å². The van der Waals surface area contributed by atoms with Crippen LogP contribution in [-0.2, 0) is 0 Å². The van der Waals surface area contributed by atoms with Gasteiger partial charge in [-0.15, -0.1) is 0 Å². The van der Waals surface area contributed by atoms with Gasteiger partial charge in [0.1, 0.15) is 11.6 Å². The summed E-state index contributed by atoms with van der Waals surface area (Å²) >= 11 is 0. The molecule has 188 valence electrons. The molecule has 1 aliphatic rings. The van der Waals surface area contributed by atoms with E-state index >= 15 is 0 Å². The average molecular weight is 493 g/mol. The van der Waals surface area contributed by atoms with E-state index in [2.05, 4.69) is 11.9 Å². The largest absolute Gasteiger partial charge is 0.382 e. The van der Waals surface area contributed by atoms with Crippen LogP contribution in [-0.4, -0.2) is 36.3 Å². The number of alkyl halides is 2. The molecule has 3 aromatic rings. The molecule has 1 saturated heterocycles. The Balaban J connectivity index is 1.38. The number of aryl methyl sites for hydroxylation is 2. The van der Waals surface area contributed by atoms with Crippen LogP contribution in [0.1, 0.15) is 35.1 Å². The second-order valence-corrected chi connectivity index (χ2v) is 9.17. The molecular weight excluding hydrogens is 461 g/mol. The molecule has 0 spiro atoms. The Kier molecular flexibility index (Phi) is 7.67. The first-order valence-corrected chi connectivity index (χ1v) is 12.0. The maximum atomic E-state index is 14.0. The third-order valence-electron chi connectivity index (χ3n) is 6.69. The van der Waals surface area contributed by atoms with E-state index in [1.807, 2.05) is 49.1 Å². The molecular formula is C29H31F3N4. The lowest BCUT2D eigenvalue weighted by atomic mass is 9.97. The summed E-state index contributed by atoms with van der Waals surface area (Å²) in [4.78, 5) is 2.93. The zero-order chi connectivity index (χ0) is 25.8. The molecule has 4 nitrogen and oxygen atoms in total. The van der Waals surface area contributed by atoms with Gasteiger partial charge in [-0.2, -0.15) is 8.78 Å². The van der Waals surface area contributed by atoms with Crippen LogP contribution in [0.3, 0.4) is 0 Å². The van der Waals surface area contributed by atoms with Crippen LogP contribution in [0.5, 0.6) is 0 Å². The molecule has 0 bridgehead atoms. The van der Waals surface area contributed by atoms with Gasteiger partial charge in [0.15, 0.2) is 0 Å². The Morgan fingerprint density at radius 1 is 1.00 bits per heavy atom. The number of piperidine rings is 1. The van der Waals surface area contributed by atoms with Gasteiger partial charge in [0.25, 0.3) is 0 Å². The zero-order valence-electron chi connectivity index (χ0n) is 20.6. The fourth-order valence-corrected chi connectivity index (χ4v) is 4.69. The first kappa shape index (κ1) is 25.4. The quantitative estimate of drug-likeness (QED) is 0.265. The molecule has 0 saturated carbocycles. The van der Waals surface area contributed by atoms with Crippen LogP contribution in [0, 0.1) is 25.1 Å². The molecule has 3 aromatic carbocycles. The first-order valence-electron chi connectivity index (χ1n) is 12.0. The highest BCUT2D eigenvalue weighted by atomic mass is 19.3. The van der Waals surface area contributed by atoms with Crippen molar-refractivity contribution in [2.75, 3.05) is 23.3 Å².